The van der Waals surface area contributed by atoms with Crippen molar-refractivity contribution in [3.63, 3.8) is 0 Å². The lowest BCUT2D eigenvalue weighted by molar-refractivity contribution is -0.131. The number of nitrogens with one attached hydrogen (secondary N) is 2. The van der Waals surface area contributed by atoms with E-state index >= 15 is 0 Å². The number of hydrogen-bond donors (Lipinski definition) is 2. The standard InChI is InChI=1S/C12H19N3O2S/c1-7-6-18-11(13-7)15-9(16)8(2)14-10(17)12(3,4)5/h6,8H,1-5H3,(H,14,17)(H,13,15,16)/t8-/m0/s1. The molecule has 6 heteroatoms. The minimum absolute atomic E-state index is 0.152. The highest BCUT2D eigenvalue weighted by Crippen LogP contribution is 2.15. The summed E-state index contributed by atoms with van der Waals surface area (Å²) in [6, 6.07) is -0.582. The monoisotopic (exact) mass is 269 g/mol. The normalized spacial score (nSPS) is 12.9. The molecular weight excluding hydrogens is 250 g/mol. The molecule has 0 aromatic carbocycles. The minimum Gasteiger partial charge on any atom is -0.344 e. The summed E-state index contributed by atoms with van der Waals surface area (Å²) in [5.74, 6) is -0.414. The highest BCUT2D eigenvalue weighted by molar-refractivity contribution is 7.13. The number of carbonyl (C=O) groups excluding carboxylic acids is 2. The Bertz CT molecular complexity index is 448. The number of carbonyl (C=O) groups is 2. The Labute approximate surface area is 111 Å². The zero-order valence-electron chi connectivity index (χ0n) is 11.3. The summed E-state index contributed by atoms with van der Waals surface area (Å²) in [6.45, 7) is 8.92. The Balaban J connectivity index is 2.54. The fourth-order valence-corrected chi connectivity index (χ4v) is 1.79. The second kappa shape index (κ2) is 5.48. The van der Waals surface area contributed by atoms with Crippen molar-refractivity contribution in [3.8, 4) is 0 Å². The van der Waals surface area contributed by atoms with Gasteiger partial charge in [0, 0.05) is 10.8 Å². The number of anilines is 1. The largest absolute Gasteiger partial charge is 0.344 e. The van der Waals surface area contributed by atoms with Crippen LogP contribution in [0, 0.1) is 12.3 Å². The van der Waals surface area contributed by atoms with Gasteiger partial charge >= 0.3 is 0 Å². The summed E-state index contributed by atoms with van der Waals surface area (Å²) >= 11 is 1.36. The van der Waals surface area contributed by atoms with E-state index in [0.717, 1.165) is 5.69 Å². The van der Waals surface area contributed by atoms with E-state index in [-0.39, 0.29) is 11.8 Å². The maximum absolute atomic E-state index is 11.8. The molecule has 1 aromatic rings. The molecule has 0 spiro atoms. The molecule has 0 aliphatic rings. The summed E-state index contributed by atoms with van der Waals surface area (Å²) in [4.78, 5) is 27.7. The van der Waals surface area contributed by atoms with Crippen LogP contribution in [-0.4, -0.2) is 22.8 Å². The van der Waals surface area contributed by atoms with Crippen molar-refractivity contribution in [3.05, 3.63) is 11.1 Å². The third-order valence-corrected chi connectivity index (χ3v) is 3.15. The topological polar surface area (TPSA) is 71.1 Å². The molecule has 100 valence electrons. The van der Waals surface area contributed by atoms with Crippen molar-refractivity contribution >= 4 is 28.3 Å². The average Bonchev–Trinajstić information content (AvgIpc) is 2.62. The van der Waals surface area contributed by atoms with Gasteiger partial charge in [-0.05, 0) is 13.8 Å². The van der Waals surface area contributed by atoms with Gasteiger partial charge in [0.05, 0.1) is 5.69 Å². The predicted molar refractivity (Wildman–Crippen MR) is 72.5 cm³/mol. The second-order valence-electron chi connectivity index (χ2n) is 5.23. The van der Waals surface area contributed by atoms with Gasteiger partial charge in [-0.3, -0.25) is 9.59 Å². The predicted octanol–water partition coefficient (Wildman–Crippen LogP) is 1.94. The molecule has 1 heterocycles. The number of thiazole rings is 1. The third-order valence-electron chi connectivity index (χ3n) is 2.27. The van der Waals surface area contributed by atoms with Crippen LogP contribution < -0.4 is 10.6 Å². The molecule has 1 rings (SSSR count). The molecule has 5 nitrogen and oxygen atoms in total. The summed E-state index contributed by atoms with van der Waals surface area (Å²) in [7, 11) is 0. The molecule has 18 heavy (non-hydrogen) atoms. The fraction of sp³-hybridized carbons (Fsp3) is 0.583. The molecule has 0 unspecified atom stereocenters. The van der Waals surface area contributed by atoms with Crippen LogP contribution in [0.2, 0.25) is 0 Å². The summed E-state index contributed by atoms with van der Waals surface area (Å²) in [5, 5.41) is 7.75. The van der Waals surface area contributed by atoms with Crippen LogP contribution >= 0.6 is 11.3 Å². The smallest absolute Gasteiger partial charge is 0.248 e. The highest BCUT2D eigenvalue weighted by atomic mass is 32.1. The molecule has 0 aliphatic heterocycles. The van der Waals surface area contributed by atoms with Crippen LogP contribution in [0.1, 0.15) is 33.4 Å². The Morgan fingerprint density at radius 1 is 1.39 bits per heavy atom. The molecule has 0 bridgehead atoms. The molecule has 0 radical (unpaired) electrons. The van der Waals surface area contributed by atoms with E-state index in [2.05, 4.69) is 15.6 Å². The molecular formula is C12H19N3O2S. The highest BCUT2D eigenvalue weighted by Gasteiger charge is 2.25. The first-order valence-corrected chi connectivity index (χ1v) is 6.62. The van der Waals surface area contributed by atoms with Crippen molar-refractivity contribution in [2.24, 2.45) is 5.41 Å². The SMILES string of the molecule is Cc1csc(NC(=O)[C@H](C)NC(=O)C(C)(C)C)n1. The molecule has 2 N–H and O–H groups in total. The molecule has 0 aliphatic carbocycles. The van der Waals surface area contributed by atoms with Crippen LogP contribution in [0.3, 0.4) is 0 Å². The first-order chi connectivity index (χ1) is 8.20. The first kappa shape index (κ1) is 14.6. The maximum Gasteiger partial charge on any atom is 0.248 e. The van der Waals surface area contributed by atoms with Gasteiger partial charge in [0.2, 0.25) is 11.8 Å². The Hall–Kier alpha value is -1.43. The first-order valence-electron chi connectivity index (χ1n) is 5.74. The van der Waals surface area contributed by atoms with Gasteiger partial charge in [-0.2, -0.15) is 0 Å². The van der Waals surface area contributed by atoms with E-state index in [1.807, 2.05) is 12.3 Å². The van der Waals surface area contributed by atoms with Crippen molar-refractivity contribution < 1.29 is 9.59 Å². The zero-order valence-corrected chi connectivity index (χ0v) is 12.1. The lowest BCUT2D eigenvalue weighted by atomic mass is 9.95. The lowest BCUT2D eigenvalue weighted by Crippen LogP contribution is -2.46. The Morgan fingerprint density at radius 3 is 2.44 bits per heavy atom. The fourth-order valence-electron chi connectivity index (χ4n) is 1.10. The summed E-state index contributed by atoms with van der Waals surface area (Å²) in [6.07, 6.45) is 0. The zero-order chi connectivity index (χ0) is 13.9. The number of rotatable bonds is 3. The molecule has 1 aromatic heterocycles. The summed E-state index contributed by atoms with van der Waals surface area (Å²) < 4.78 is 0. The van der Waals surface area contributed by atoms with Gasteiger partial charge in [-0.1, -0.05) is 20.8 Å². The van der Waals surface area contributed by atoms with Gasteiger partial charge < -0.3 is 10.6 Å². The minimum atomic E-state index is -0.582. The van der Waals surface area contributed by atoms with Crippen LogP contribution in [0.5, 0.6) is 0 Å². The molecule has 2 amide bonds. The molecule has 0 saturated heterocycles. The Morgan fingerprint density at radius 2 is 2.00 bits per heavy atom. The van der Waals surface area contributed by atoms with E-state index in [1.54, 1.807) is 27.7 Å². The van der Waals surface area contributed by atoms with Crippen molar-refractivity contribution in [2.45, 2.75) is 40.7 Å². The van der Waals surface area contributed by atoms with Crippen molar-refractivity contribution in [1.29, 1.82) is 0 Å². The van der Waals surface area contributed by atoms with E-state index < -0.39 is 11.5 Å². The molecule has 0 fully saturated rings. The van der Waals surface area contributed by atoms with Crippen LogP contribution in [-0.2, 0) is 9.59 Å². The van der Waals surface area contributed by atoms with E-state index in [9.17, 15) is 9.59 Å². The number of amides is 2. The van der Waals surface area contributed by atoms with Crippen LogP contribution in [0.15, 0.2) is 5.38 Å². The second-order valence-corrected chi connectivity index (χ2v) is 6.09. The lowest BCUT2D eigenvalue weighted by Gasteiger charge is -2.21. The number of aryl methyl sites for hydroxylation is 1. The molecule has 1 atom stereocenters. The number of hydrogen-bond acceptors (Lipinski definition) is 4. The van der Waals surface area contributed by atoms with E-state index in [1.165, 1.54) is 11.3 Å². The van der Waals surface area contributed by atoms with Gasteiger partial charge in [-0.15, -0.1) is 11.3 Å². The molecule has 0 saturated carbocycles. The number of nitrogens with zero attached hydrogens (tertiary/aromatic N) is 1. The van der Waals surface area contributed by atoms with Crippen LogP contribution in [0.4, 0.5) is 5.13 Å². The van der Waals surface area contributed by atoms with E-state index in [4.69, 9.17) is 0 Å². The van der Waals surface area contributed by atoms with Gasteiger partial charge in [0.25, 0.3) is 0 Å². The van der Waals surface area contributed by atoms with Gasteiger partial charge in [0.15, 0.2) is 5.13 Å². The van der Waals surface area contributed by atoms with Crippen molar-refractivity contribution in [2.75, 3.05) is 5.32 Å². The maximum atomic E-state index is 11.8. The van der Waals surface area contributed by atoms with Crippen molar-refractivity contribution in [1.82, 2.24) is 10.3 Å². The third kappa shape index (κ3) is 4.10. The number of aromatic nitrogens is 1. The van der Waals surface area contributed by atoms with Gasteiger partial charge in [-0.25, -0.2) is 4.98 Å². The quantitative estimate of drug-likeness (QED) is 0.881. The van der Waals surface area contributed by atoms with Crippen LogP contribution in [0.25, 0.3) is 0 Å². The Kier molecular flexibility index (Phi) is 4.45. The van der Waals surface area contributed by atoms with Gasteiger partial charge in [0.1, 0.15) is 6.04 Å². The summed E-state index contributed by atoms with van der Waals surface area (Å²) in [5.41, 5.74) is 0.355. The van der Waals surface area contributed by atoms with E-state index in [0.29, 0.717) is 5.13 Å². The average molecular weight is 269 g/mol.